The lowest BCUT2D eigenvalue weighted by molar-refractivity contribution is -0.119. The third-order valence-electron chi connectivity index (χ3n) is 2.38. The molecule has 2 aromatic rings. The number of hydrogen-bond donors (Lipinski definition) is 1. The summed E-state index contributed by atoms with van der Waals surface area (Å²) in [6, 6.07) is 8.90. The zero-order chi connectivity index (χ0) is 15.2. The molecule has 7 heteroatoms. The Bertz CT molecular complexity index is 679. The summed E-state index contributed by atoms with van der Waals surface area (Å²) >= 11 is 5.36. The summed E-state index contributed by atoms with van der Waals surface area (Å²) in [6.07, 6.45) is 2.94. The molecule has 0 aliphatic heterocycles. The lowest BCUT2D eigenvalue weighted by Crippen LogP contribution is -2.21. The average molecular weight is 461 g/mol. The minimum atomic E-state index is -0.596. The van der Waals surface area contributed by atoms with E-state index >= 15 is 0 Å². The molecule has 0 saturated heterocycles. The fourth-order valence-corrected chi connectivity index (χ4v) is 2.41. The Morgan fingerprint density at radius 2 is 2.10 bits per heavy atom. The zero-order valence-electron chi connectivity index (χ0n) is 10.7. The van der Waals surface area contributed by atoms with E-state index in [1.54, 1.807) is 18.3 Å². The molecule has 1 N–H and O–H groups in total. The predicted molar refractivity (Wildman–Crippen MR) is 90.0 cm³/mol. The first-order chi connectivity index (χ1) is 10.0. The number of hydrogen-bond acceptors (Lipinski definition) is 4. The van der Waals surface area contributed by atoms with Crippen LogP contribution in [0.25, 0.3) is 0 Å². The number of halogens is 2. The van der Waals surface area contributed by atoms with Gasteiger partial charge in [0, 0.05) is 26.1 Å². The quantitative estimate of drug-likeness (QED) is 0.561. The van der Waals surface area contributed by atoms with E-state index in [1.165, 1.54) is 6.20 Å². The Balaban J connectivity index is 1.88. The fourth-order valence-electron chi connectivity index (χ4n) is 1.50. The largest absolute Gasteiger partial charge is 0.452 e. The van der Waals surface area contributed by atoms with Crippen molar-refractivity contribution in [2.45, 2.75) is 0 Å². The molecule has 1 aromatic carbocycles. The summed E-state index contributed by atoms with van der Waals surface area (Å²) in [5.41, 5.74) is 0.943. The van der Waals surface area contributed by atoms with Crippen molar-refractivity contribution in [3.63, 3.8) is 0 Å². The number of carbonyl (C=O) groups excluding carboxylic acids is 2. The number of ether oxygens (including phenoxy) is 1. The maximum atomic E-state index is 11.7. The van der Waals surface area contributed by atoms with Crippen molar-refractivity contribution in [1.29, 1.82) is 0 Å². The van der Waals surface area contributed by atoms with Gasteiger partial charge < -0.3 is 10.1 Å². The number of aromatic nitrogens is 1. The van der Waals surface area contributed by atoms with Crippen LogP contribution in [-0.4, -0.2) is 23.5 Å². The number of pyridine rings is 1. The van der Waals surface area contributed by atoms with E-state index in [1.807, 2.05) is 18.2 Å². The number of nitrogens with zero attached hydrogens (tertiary/aromatic N) is 1. The predicted octanol–water partition coefficient (Wildman–Crippen LogP) is 3.24. The van der Waals surface area contributed by atoms with E-state index in [0.29, 0.717) is 10.2 Å². The number of rotatable bonds is 4. The highest BCUT2D eigenvalue weighted by Gasteiger charge is 2.11. The van der Waals surface area contributed by atoms with Gasteiger partial charge in [0.25, 0.3) is 5.91 Å². The number of amides is 1. The lowest BCUT2D eigenvalue weighted by atomic mass is 10.3. The molecule has 0 unspecified atom stereocenters. The molecule has 0 radical (unpaired) electrons. The topological polar surface area (TPSA) is 68.3 Å². The first-order valence-corrected chi connectivity index (χ1v) is 7.75. The van der Waals surface area contributed by atoms with E-state index < -0.39 is 11.9 Å². The number of anilines is 1. The van der Waals surface area contributed by atoms with Gasteiger partial charge in [0.15, 0.2) is 6.61 Å². The summed E-state index contributed by atoms with van der Waals surface area (Å²) in [6.45, 7) is -0.350. The fraction of sp³-hybridized carbons (Fsp3) is 0.0714. The van der Waals surface area contributed by atoms with Gasteiger partial charge in [0.1, 0.15) is 0 Å². The molecular weight excluding hydrogens is 451 g/mol. The smallest absolute Gasteiger partial charge is 0.340 e. The summed E-state index contributed by atoms with van der Waals surface area (Å²) in [7, 11) is 0. The number of benzene rings is 1. The Kier molecular flexibility index (Phi) is 5.68. The van der Waals surface area contributed by atoms with Gasteiger partial charge in [-0.2, -0.15) is 0 Å². The lowest BCUT2D eigenvalue weighted by Gasteiger charge is -2.07. The summed E-state index contributed by atoms with van der Waals surface area (Å²) in [5, 5.41) is 2.66. The molecular formula is C14H10BrIN2O3. The monoisotopic (exact) mass is 460 g/mol. The van der Waals surface area contributed by atoms with Crippen molar-refractivity contribution in [2.75, 3.05) is 11.9 Å². The summed E-state index contributed by atoms with van der Waals surface area (Å²) in [5.74, 6) is -0.991. The van der Waals surface area contributed by atoms with E-state index in [2.05, 4.69) is 48.8 Å². The first-order valence-electron chi connectivity index (χ1n) is 5.88. The third-order valence-corrected chi connectivity index (χ3v) is 3.49. The van der Waals surface area contributed by atoms with Crippen molar-refractivity contribution in [3.8, 4) is 0 Å². The number of carbonyl (C=O) groups is 2. The van der Waals surface area contributed by atoms with Gasteiger partial charge in [-0.25, -0.2) is 4.79 Å². The molecule has 0 saturated carbocycles. The van der Waals surface area contributed by atoms with Gasteiger partial charge >= 0.3 is 5.97 Å². The van der Waals surface area contributed by atoms with Gasteiger partial charge in [-0.15, -0.1) is 0 Å². The minimum absolute atomic E-state index is 0.284. The van der Waals surface area contributed by atoms with Crippen LogP contribution < -0.4 is 5.32 Å². The summed E-state index contributed by atoms with van der Waals surface area (Å²) in [4.78, 5) is 27.3. The maximum absolute atomic E-state index is 11.7. The van der Waals surface area contributed by atoms with Gasteiger partial charge in [0.2, 0.25) is 0 Å². The van der Waals surface area contributed by atoms with Crippen LogP contribution >= 0.6 is 38.5 Å². The Morgan fingerprint density at radius 1 is 1.29 bits per heavy atom. The third kappa shape index (κ3) is 5.09. The van der Waals surface area contributed by atoms with Crippen molar-refractivity contribution in [2.24, 2.45) is 0 Å². The molecule has 0 spiro atoms. The number of nitrogens with one attached hydrogen (secondary N) is 1. The SMILES string of the molecule is O=C(COC(=O)c1cncc(Br)c1)Nc1cccc(I)c1. The van der Waals surface area contributed by atoms with Crippen LogP contribution in [0.4, 0.5) is 5.69 Å². The molecule has 0 aliphatic carbocycles. The van der Waals surface area contributed by atoms with E-state index in [4.69, 9.17) is 4.74 Å². The molecule has 0 fully saturated rings. The Labute approximate surface area is 143 Å². The van der Waals surface area contributed by atoms with Crippen molar-refractivity contribution in [3.05, 3.63) is 56.3 Å². The maximum Gasteiger partial charge on any atom is 0.340 e. The average Bonchev–Trinajstić information content (AvgIpc) is 2.45. The molecule has 0 aliphatic rings. The van der Waals surface area contributed by atoms with Crippen LogP contribution in [0.15, 0.2) is 47.2 Å². The second-order valence-corrected chi connectivity index (χ2v) is 6.19. The highest BCUT2D eigenvalue weighted by Crippen LogP contribution is 2.13. The summed E-state index contributed by atoms with van der Waals surface area (Å²) < 4.78 is 6.60. The Hall–Kier alpha value is -1.48. The Morgan fingerprint density at radius 3 is 2.81 bits per heavy atom. The first kappa shape index (κ1) is 15.9. The molecule has 1 amide bonds. The van der Waals surface area contributed by atoms with Crippen LogP contribution in [0.1, 0.15) is 10.4 Å². The highest BCUT2D eigenvalue weighted by atomic mass is 127. The van der Waals surface area contributed by atoms with Crippen molar-refractivity contribution in [1.82, 2.24) is 4.98 Å². The van der Waals surface area contributed by atoms with E-state index in [-0.39, 0.29) is 12.2 Å². The van der Waals surface area contributed by atoms with Crippen molar-refractivity contribution >= 4 is 56.1 Å². The van der Waals surface area contributed by atoms with Gasteiger partial charge in [-0.3, -0.25) is 9.78 Å². The molecule has 1 aromatic heterocycles. The second-order valence-electron chi connectivity index (χ2n) is 4.03. The molecule has 2 rings (SSSR count). The minimum Gasteiger partial charge on any atom is -0.452 e. The van der Waals surface area contributed by atoms with Crippen molar-refractivity contribution < 1.29 is 14.3 Å². The van der Waals surface area contributed by atoms with Crippen LogP contribution in [0.5, 0.6) is 0 Å². The second kappa shape index (κ2) is 7.51. The molecule has 5 nitrogen and oxygen atoms in total. The van der Waals surface area contributed by atoms with Crippen LogP contribution in [0.3, 0.4) is 0 Å². The molecule has 0 atom stereocenters. The standard InChI is InChI=1S/C14H10BrIN2O3/c15-10-4-9(6-17-7-10)14(20)21-8-13(19)18-12-3-1-2-11(16)5-12/h1-7H,8H2,(H,18,19). The molecule has 108 valence electrons. The zero-order valence-corrected chi connectivity index (χ0v) is 14.4. The molecule has 21 heavy (non-hydrogen) atoms. The van der Waals surface area contributed by atoms with Crippen LogP contribution in [-0.2, 0) is 9.53 Å². The number of esters is 1. The van der Waals surface area contributed by atoms with Gasteiger partial charge in [-0.05, 0) is 62.8 Å². The van der Waals surface area contributed by atoms with Gasteiger partial charge in [0.05, 0.1) is 5.56 Å². The van der Waals surface area contributed by atoms with Crippen LogP contribution in [0, 0.1) is 3.57 Å². The van der Waals surface area contributed by atoms with Crippen LogP contribution in [0.2, 0.25) is 0 Å². The van der Waals surface area contributed by atoms with E-state index in [9.17, 15) is 9.59 Å². The van der Waals surface area contributed by atoms with Gasteiger partial charge in [-0.1, -0.05) is 6.07 Å². The highest BCUT2D eigenvalue weighted by molar-refractivity contribution is 14.1. The normalized spacial score (nSPS) is 10.0. The molecule has 1 heterocycles. The molecule has 0 bridgehead atoms. The van der Waals surface area contributed by atoms with E-state index in [0.717, 1.165) is 3.57 Å².